The Labute approximate surface area is 219 Å². The van der Waals surface area contributed by atoms with Gasteiger partial charge in [-0.1, -0.05) is 35.6 Å². The fraction of sp³-hybridized carbons (Fsp3) is 0.125. The summed E-state index contributed by atoms with van der Waals surface area (Å²) in [5, 5.41) is 7.82. The van der Waals surface area contributed by atoms with E-state index in [9.17, 15) is 17.8 Å². The maximum absolute atomic E-state index is 13.2. The molecule has 2 aliphatic heterocycles. The Balaban J connectivity index is 1.48. The van der Waals surface area contributed by atoms with E-state index < -0.39 is 21.2 Å². The van der Waals surface area contributed by atoms with Crippen LogP contribution in [0.3, 0.4) is 0 Å². The number of carbonyl (C=O) groups is 1. The molecular weight excluding hydrogens is 540 g/mol. The number of nitrogens with zero attached hydrogens (tertiary/aromatic N) is 4. The van der Waals surface area contributed by atoms with Gasteiger partial charge in [-0.2, -0.15) is 13.5 Å². The van der Waals surface area contributed by atoms with E-state index in [1.807, 2.05) is 53.9 Å². The molecule has 1 N–H and O–H groups in total. The molecule has 0 aliphatic carbocycles. The standard InChI is InChI=1S/C24H17ClN4O4S3/c25-21-22(30)28(23-26-19-8-1-2-9-20(19)35-23)24(21)14-15(10-11-17-6-4-12-34-17)27-29(24)16-5-3-7-18(13-16)36(31,32)33/h1-13,21H,14H2,(H,31,32,33)/b11-10+. The summed E-state index contributed by atoms with van der Waals surface area (Å²) in [6, 6.07) is 17.3. The van der Waals surface area contributed by atoms with Gasteiger partial charge in [0.1, 0.15) is 0 Å². The molecule has 4 heterocycles. The molecule has 2 aromatic heterocycles. The van der Waals surface area contributed by atoms with Crippen LogP contribution >= 0.6 is 34.3 Å². The highest BCUT2D eigenvalue weighted by Gasteiger charge is 2.67. The van der Waals surface area contributed by atoms with Crippen molar-refractivity contribution in [3.05, 3.63) is 77.0 Å². The molecule has 8 nitrogen and oxygen atoms in total. The van der Waals surface area contributed by atoms with Crippen molar-refractivity contribution in [2.45, 2.75) is 22.4 Å². The van der Waals surface area contributed by atoms with E-state index >= 15 is 0 Å². The summed E-state index contributed by atoms with van der Waals surface area (Å²) >= 11 is 9.68. The van der Waals surface area contributed by atoms with Crippen LogP contribution in [0.25, 0.3) is 16.3 Å². The summed E-state index contributed by atoms with van der Waals surface area (Å²) in [4.78, 5) is 20.2. The molecule has 2 atom stereocenters. The van der Waals surface area contributed by atoms with Crippen molar-refractivity contribution >= 4 is 83.1 Å². The van der Waals surface area contributed by atoms with E-state index in [2.05, 4.69) is 4.98 Å². The fourth-order valence-corrected chi connectivity index (χ4v) is 6.99. The van der Waals surface area contributed by atoms with E-state index in [0.29, 0.717) is 23.0 Å². The van der Waals surface area contributed by atoms with Gasteiger partial charge >= 0.3 is 0 Å². The SMILES string of the molecule is O=C1C(Cl)C2(CC(/C=C/c3cccs3)=NN2c2cccc(S(=O)(=O)O)c2)N1c1nc2ccccc2s1. The fourth-order valence-electron chi connectivity index (χ4n) is 4.44. The van der Waals surface area contributed by atoms with Crippen molar-refractivity contribution in [3.8, 4) is 0 Å². The number of hydrogen-bond acceptors (Lipinski definition) is 8. The predicted octanol–water partition coefficient (Wildman–Crippen LogP) is 5.23. The van der Waals surface area contributed by atoms with Gasteiger partial charge in [0.05, 0.1) is 26.5 Å². The minimum absolute atomic E-state index is 0.281. The maximum atomic E-state index is 13.2. The number of anilines is 2. The third-order valence-electron chi connectivity index (χ3n) is 6.08. The van der Waals surface area contributed by atoms with Gasteiger partial charge in [-0.25, -0.2) is 9.99 Å². The van der Waals surface area contributed by atoms with Crippen molar-refractivity contribution in [2.75, 3.05) is 9.91 Å². The van der Waals surface area contributed by atoms with Crippen LogP contribution in [0.15, 0.2) is 82.1 Å². The Hall–Kier alpha value is -3.09. The van der Waals surface area contributed by atoms with Crippen molar-refractivity contribution in [3.63, 3.8) is 0 Å². The smallest absolute Gasteiger partial charge is 0.282 e. The zero-order valence-corrected chi connectivity index (χ0v) is 21.6. The number of thiophene rings is 1. The van der Waals surface area contributed by atoms with Gasteiger partial charge in [-0.05, 0) is 53.9 Å². The van der Waals surface area contributed by atoms with Crippen molar-refractivity contribution in [2.24, 2.45) is 5.10 Å². The first-order valence-corrected chi connectivity index (χ1v) is 14.4. The Morgan fingerprint density at radius 1 is 1.11 bits per heavy atom. The minimum atomic E-state index is -4.45. The number of aromatic nitrogens is 1. The van der Waals surface area contributed by atoms with Crippen LogP contribution in [-0.2, 0) is 14.9 Å². The largest absolute Gasteiger partial charge is 0.294 e. The van der Waals surface area contributed by atoms with Gasteiger partial charge in [0.25, 0.3) is 16.0 Å². The number of rotatable bonds is 5. The molecule has 2 aromatic carbocycles. The van der Waals surface area contributed by atoms with Crippen LogP contribution in [0.1, 0.15) is 11.3 Å². The molecule has 4 aromatic rings. The van der Waals surface area contributed by atoms with Gasteiger partial charge in [0.2, 0.25) is 0 Å². The van der Waals surface area contributed by atoms with Gasteiger partial charge in [-0.3, -0.25) is 14.2 Å². The zero-order valence-electron chi connectivity index (χ0n) is 18.4. The lowest BCUT2D eigenvalue weighted by Crippen LogP contribution is -2.78. The number of benzene rings is 2. The topological polar surface area (TPSA) is 103 Å². The van der Waals surface area contributed by atoms with Crippen molar-refractivity contribution in [1.29, 1.82) is 0 Å². The molecular formula is C24H17ClN4O4S3. The van der Waals surface area contributed by atoms with Crippen LogP contribution in [-0.4, -0.2) is 40.6 Å². The summed E-state index contributed by atoms with van der Waals surface area (Å²) in [5.41, 5.74) is 0.647. The molecule has 1 saturated heterocycles. The third-order valence-corrected chi connectivity index (χ3v) is 9.33. The number of amides is 1. The van der Waals surface area contributed by atoms with Gasteiger partial charge in [0, 0.05) is 11.3 Å². The van der Waals surface area contributed by atoms with Crippen LogP contribution in [0.4, 0.5) is 10.8 Å². The minimum Gasteiger partial charge on any atom is -0.282 e. The second kappa shape index (κ2) is 8.49. The predicted molar refractivity (Wildman–Crippen MR) is 144 cm³/mol. The lowest BCUT2D eigenvalue weighted by Gasteiger charge is -2.55. The normalized spacial score (nSPS) is 22.1. The average Bonchev–Trinajstić information content (AvgIpc) is 3.61. The Kier molecular flexibility index (Phi) is 5.50. The van der Waals surface area contributed by atoms with Crippen molar-refractivity contribution < 1.29 is 17.8 Å². The van der Waals surface area contributed by atoms with E-state index in [4.69, 9.17) is 16.7 Å². The summed E-state index contributed by atoms with van der Waals surface area (Å²) in [7, 11) is -4.45. The number of hydrazone groups is 1. The maximum Gasteiger partial charge on any atom is 0.294 e. The van der Waals surface area contributed by atoms with Crippen LogP contribution in [0.2, 0.25) is 0 Å². The Bertz CT molecular complexity index is 1630. The van der Waals surface area contributed by atoms with Crippen LogP contribution < -0.4 is 9.91 Å². The summed E-state index contributed by atoms with van der Waals surface area (Å²) in [6.07, 6.45) is 4.09. The highest BCUT2D eigenvalue weighted by molar-refractivity contribution is 7.85. The van der Waals surface area contributed by atoms with Gasteiger partial charge in [0.15, 0.2) is 16.2 Å². The quantitative estimate of drug-likeness (QED) is 0.205. The average molecular weight is 557 g/mol. The van der Waals surface area contributed by atoms with Crippen molar-refractivity contribution in [1.82, 2.24) is 4.98 Å². The lowest BCUT2D eigenvalue weighted by molar-refractivity contribution is -0.126. The molecule has 0 radical (unpaired) electrons. The highest BCUT2D eigenvalue weighted by Crippen LogP contribution is 2.51. The number of para-hydroxylation sites is 1. The zero-order chi connectivity index (χ0) is 25.1. The molecule has 6 rings (SSSR count). The van der Waals surface area contributed by atoms with E-state index in [0.717, 1.165) is 15.1 Å². The number of fused-ring (bicyclic) bond motifs is 1. The van der Waals surface area contributed by atoms with Gasteiger partial charge in [-0.15, -0.1) is 22.9 Å². The third kappa shape index (κ3) is 3.66. The summed E-state index contributed by atoms with van der Waals surface area (Å²) < 4.78 is 34.2. The molecule has 2 unspecified atom stereocenters. The number of alkyl halides is 1. The molecule has 2 aliphatic rings. The van der Waals surface area contributed by atoms with E-state index in [1.165, 1.54) is 29.5 Å². The number of halogens is 1. The number of carbonyl (C=O) groups excluding carboxylic acids is 1. The summed E-state index contributed by atoms with van der Waals surface area (Å²) in [6.45, 7) is 0. The monoisotopic (exact) mass is 556 g/mol. The number of thiazole rings is 1. The Morgan fingerprint density at radius 2 is 1.94 bits per heavy atom. The number of hydrogen-bond donors (Lipinski definition) is 1. The van der Waals surface area contributed by atoms with Crippen LogP contribution in [0, 0.1) is 0 Å². The number of allylic oxidation sites excluding steroid dienone is 1. The van der Waals surface area contributed by atoms with Crippen LogP contribution in [0.5, 0.6) is 0 Å². The number of β-lactam (4-membered cyclic amide) rings is 1. The van der Waals surface area contributed by atoms with Gasteiger partial charge < -0.3 is 0 Å². The second-order valence-electron chi connectivity index (χ2n) is 8.28. The highest BCUT2D eigenvalue weighted by atomic mass is 35.5. The molecule has 1 amide bonds. The first-order valence-electron chi connectivity index (χ1n) is 10.8. The summed E-state index contributed by atoms with van der Waals surface area (Å²) in [5.74, 6) is -0.314. The first-order chi connectivity index (χ1) is 17.3. The molecule has 36 heavy (non-hydrogen) atoms. The lowest BCUT2D eigenvalue weighted by atomic mass is 9.87. The molecule has 1 spiro atoms. The molecule has 12 heteroatoms. The van der Waals surface area contributed by atoms with E-state index in [1.54, 1.807) is 27.3 Å². The molecule has 0 bridgehead atoms. The van der Waals surface area contributed by atoms with E-state index in [-0.39, 0.29) is 10.8 Å². The molecule has 182 valence electrons. The molecule has 0 saturated carbocycles. The molecule has 1 fully saturated rings. The first kappa shape index (κ1) is 23.3. The Morgan fingerprint density at radius 3 is 2.69 bits per heavy atom. The second-order valence-corrected chi connectivity index (χ2v) is 12.1.